The van der Waals surface area contributed by atoms with Crippen molar-refractivity contribution in [1.82, 2.24) is 5.32 Å². The number of hydrogen-bond acceptors (Lipinski definition) is 3. The van der Waals surface area contributed by atoms with Crippen LogP contribution in [0.4, 0.5) is 0 Å². The molecule has 0 aliphatic heterocycles. The van der Waals surface area contributed by atoms with E-state index < -0.39 is 0 Å². The summed E-state index contributed by atoms with van der Waals surface area (Å²) in [6, 6.07) is 0.724. The Bertz CT molecular complexity index is 177. The third-order valence-corrected chi connectivity index (χ3v) is 3.25. The van der Waals surface area contributed by atoms with Crippen LogP contribution in [0.2, 0.25) is 0 Å². The fourth-order valence-electron chi connectivity index (χ4n) is 2.28. The lowest BCUT2D eigenvalue weighted by Crippen LogP contribution is -2.36. The third kappa shape index (κ3) is 7.02. The summed E-state index contributed by atoms with van der Waals surface area (Å²) in [5.41, 5.74) is 0. The number of rotatable bonds is 8. The monoisotopic (exact) mass is 243 g/mol. The molecule has 0 aromatic rings. The molecule has 1 rings (SSSR count). The first-order valence-electron chi connectivity index (χ1n) is 7.19. The molecular formula is C14H29NO2. The molecular weight excluding hydrogens is 214 g/mol. The molecule has 0 aromatic heterocycles. The summed E-state index contributed by atoms with van der Waals surface area (Å²) in [6.45, 7) is 8.96. The van der Waals surface area contributed by atoms with Gasteiger partial charge in [-0.05, 0) is 52.5 Å². The molecule has 0 unspecified atom stereocenters. The molecule has 0 aromatic carbocycles. The second kappa shape index (κ2) is 8.90. The molecule has 1 fully saturated rings. The Hall–Kier alpha value is -0.120. The van der Waals surface area contributed by atoms with E-state index in [2.05, 4.69) is 26.1 Å². The highest BCUT2D eigenvalue weighted by Gasteiger charge is 2.20. The Morgan fingerprint density at radius 2 is 1.82 bits per heavy atom. The van der Waals surface area contributed by atoms with Crippen molar-refractivity contribution in [2.75, 3.05) is 19.8 Å². The Morgan fingerprint density at radius 1 is 1.12 bits per heavy atom. The lowest BCUT2D eigenvalue weighted by molar-refractivity contribution is -0.0266. The van der Waals surface area contributed by atoms with Crippen molar-refractivity contribution >= 4 is 0 Å². The molecule has 17 heavy (non-hydrogen) atoms. The number of ether oxygens (including phenoxy) is 2. The highest BCUT2D eigenvalue weighted by Crippen LogP contribution is 2.21. The highest BCUT2D eigenvalue weighted by molar-refractivity contribution is 4.77. The van der Waals surface area contributed by atoms with E-state index in [1.54, 1.807) is 0 Å². The molecule has 1 N–H and O–H groups in total. The third-order valence-electron chi connectivity index (χ3n) is 3.25. The quantitative estimate of drug-likeness (QED) is 0.665. The van der Waals surface area contributed by atoms with Gasteiger partial charge in [0, 0.05) is 6.04 Å². The van der Waals surface area contributed by atoms with Crippen LogP contribution in [-0.2, 0) is 9.47 Å². The fraction of sp³-hybridized carbons (Fsp3) is 1.00. The van der Waals surface area contributed by atoms with Gasteiger partial charge in [-0.15, -0.1) is 0 Å². The fourth-order valence-corrected chi connectivity index (χ4v) is 2.28. The average Bonchev–Trinajstić information content (AvgIpc) is 2.33. The Morgan fingerprint density at radius 3 is 2.41 bits per heavy atom. The Balaban J connectivity index is 1.99. The van der Waals surface area contributed by atoms with E-state index >= 15 is 0 Å². The maximum Gasteiger partial charge on any atom is 0.0704 e. The molecule has 0 bridgehead atoms. The normalized spacial score (nSPS) is 25.4. The zero-order valence-electron chi connectivity index (χ0n) is 11.7. The van der Waals surface area contributed by atoms with Crippen molar-refractivity contribution < 1.29 is 9.47 Å². The molecule has 1 aliphatic rings. The van der Waals surface area contributed by atoms with Gasteiger partial charge in [-0.2, -0.15) is 0 Å². The zero-order chi connectivity index (χ0) is 12.5. The van der Waals surface area contributed by atoms with E-state index in [4.69, 9.17) is 9.47 Å². The molecule has 3 nitrogen and oxygen atoms in total. The summed E-state index contributed by atoms with van der Waals surface area (Å²) in [5, 5.41) is 3.59. The van der Waals surface area contributed by atoms with Crippen LogP contribution in [0.25, 0.3) is 0 Å². The number of hydrogen-bond donors (Lipinski definition) is 1. The number of nitrogens with one attached hydrogen (secondary N) is 1. The molecule has 1 aliphatic carbocycles. The van der Waals surface area contributed by atoms with Crippen LogP contribution in [0.3, 0.4) is 0 Å². The second-order valence-electron chi connectivity index (χ2n) is 5.22. The van der Waals surface area contributed by atoms with Crippen LogP contribution >= 0.6 is 0 Å². The average molecular weight is 243 g/mol. The summed E-state index contributed by atoms with van der Waals surface area (Å²) in [5.74, 6) is 0. The minimum Gasteiger partial charge on any atom is -0.376 e. The minimum atomic E-state index is 0.313. The van der Waals surface area contributed by atoms with Gasteiger partial charge in [-0.25, -0.2) is 0 Å². The van der Waals surface area contributed by atoms with Crippen LogP contribution in [0.5, 0.6) is 0 Å². The van der Waals surface area contributed by atoms with Gasteiger partial charge in [0.25, 0.3) is 0 Å². The van der Waals surface area contributed by atoms with Crippen LogP contribution in [-0.4, -0.2) is 38.0 Å². The highest BCUT2D eigenvalue weighted by atomic mass is 16.5. The zero-order valence-corrected chi connectivity index (χ0v) is 11.7. The van der Waals surface area contributed by atoms with Gasteiger partial charge in [0.2, 0.25) is 0 Å². The van der Waals surface area contributed by atoms with E-state index in [1.807, 2.05) is 0 Å². The predicted molar refractivity (Wildman–Crippen MR) is 71.4 cm³/mol. The molecule has 3 heteroatoms. The Kier molecular flexibility index (Phi) is 7.82. The molecule has 0 saturated heterocycles. The molecule has 1 saturated carbocycles. The first kappa shape index (κ1) is 14.9. The van der Waals surface area contributed by atoms with Gasteiger partial charge in [0.05, 0.1) is 25.4 Å². The summed E-state index contributed by atoms with van der Waals surface area (Å²) in [6.07, 6.45) is 6.92. The van der Waals surface area contributed by atoms with Crippen LogP contribution in [0.15, 0.2) is 0 Å². The van der Waals surface area contributed by atoms with Gasteiger partial charge in [0.15, 0.2) is 0 Å². The molecule has 0 atom stereocenters. The van der Waals surface area contributed by atoms with Crippen LogP contribution in [0, 0.1) is 0 Å². The first-order chi connectivity index (χ1) is 8.22. The summed E-state index contributed by atoms with van der Waals surface area (Å²) in [4.78, 5) is 0. The van der Waals surface area contributed by atoms with Crippen LogP contribution < -0.4 is 5.32 Å². The molecule has 0 spiro atoms. The first-order valence-corrected chi connectivity index (χ1v) is 7.19. The van der Waals surface area contributed by atoms with Crippen molar-refractivity contribution in [2.24, 2.45) is 0 Å². The van der Waals surface area contributed by atoms with E-state index in [1.165, 1.54) is 32.1 Å². The molecule has 0 amide bonds. The molecule has 102 valence electrons. The van der Waals surface area contributed by atoms with E-state index in [-0.39, 0.29) is 0 Å². The van der Waals surface area contributed by atoms with Gasteiger partial charge < -0.3 is 14.8 Å². The van der Waals surface area contributed by atoms with Crippen molar-refractivity contribution in [1.29, 1.82) is 0 Å². The van der Waals surface area contributed by atoms with Crippen molar-refractivity contribution in [3.63, 3.8) is 0 Å². The topological polar surface area (TPSA) is 30.5 Å². The van der Waals surface area contributed by atoms with Crippen molar-refractivity contribution in [3.05, 3.63) is 0 Å². The van der Waals surface area contributed by atoms with Crippen molar-refractivity contribution in [3.8, 4) is 0 Å². The summed E-state index contributed by atoms with van der Waals surface area (Å²) < 4.78 is 11.3. The summed E-state index contributed by atoms with van der Waals surface area (Å²) >= 11 is 0. The summed E-state index contributed by atoms with van der Waals surface area (Å²) in [7, 11) is 0. The maximum absolute atomic E-state index is 5.83. The SMILES string of the molecule is CCCNC1CCC(OCCOC(C)C)CC1. The van der Waals surface area contributed by atoms with E-state index in [0.717, 1.165) is 25.8 Å². The molecule has 0 radical (unpaired) electrons. The standard InChI is InChI=1S/C14H29NO2/c1-4-9-15-13-5-7-14(8-6-13)17-11-10-16-12(2)3/h12-15H,4-11H2,1-3H3. The van der Waals surface area contributed by atoms with Crippen LogP contribution in [0.1, 0.15) is 52.9 Å². The lowest BCUT2D eigenvalue weighted by Gasteiger charge is -2.29. The van der Waals surface area contributed by atoms with Gasteiger partial charge in [-0.3, -0.25) is 0 Å². The smallest absolute Gasteiger partial charge is 0.0704 e. The maximum atomic E-state index is 5.83. The lowest BCUT2D eigenvalue weighted by atomic mass is 9.93. The Labute approximate surface area is 106 Å². The minimum absolute atomic E-state index is 0.313. The van der Waals surface area contributed by atoms with Gasteiger partial charge in [-0.1, -0.05) is 6.92 Å². The predicted octanol–water partition coefficient (Wildman–Crippen LogP) is 2.74. The van der Waals surface area contributed by atoms with Gasteiger partial charge in [0.1, 0.15) is 0 Å². The van der Waals surface area contributed by atoms with E-state index in [9.17, 15) is 0 Å². The largest absolute Gasteiger partial charge is 0.376 e. The van der Waals surface area contributed by atoms with Gasteiger partial charge >= 0.3 is 0 Å². The van der Waals surface area contributed by atoms with E-state index in [0.29, 0.717) is 12.2 Å². The van der Waals surface area contributed by atoms with Crippen molar-refractivity contribution in [2.45, 2.75) is 71.1 Å². The second-order valence-corrected chi connectivity index (χ2v) is 5.22. The molecule has 0 heterocycles.